The fourth-order valence-electron chi connectivity index (χ4n) is 3.63. The number of nitrogens with zero attached hydrogens (tertiary/aromatic N) is 4. The normalized spacial score (nSPS) is 23.3. The molecule has 7 heteroatoms. The van der Waals surface area contributed by atoms with Gasteiger partial charge in [-0.05, 0) is 25.0 Å². The van der Waals surface area contributed by atoms with Gasteiger partial charge in [0.25, 0.3) is 0 Å². The number of para-hydroxylation sites is 1. The van der Waals surface area contributed by atoms with Crippen LogP contribution in [0.3, 0.4) is 0 Å². The molecule has 1 saturated carbocycles. The van der Waals surface area contributed by atoms with Crippen LogP contribution in [-0.4, -0.2) is 56.6 Å². The third kappa shape index (κ3) is 3.72. The summed E-state index contributed by atoms with van der Waals surface area (Å²) < 4.78 is 7.58. The number of hydrogen-bond acceptors (Lipinski definition) is 5. The molecule has 25 heavy (non-hydrogen) atoms. The van der Waals surface area contributed by atoms with Gasteiger partial charge in [-0.3, -0.25) is 4.79 Å². The molecule has 0 spiro atoms. The third-order valence-corrected chi connectivity index (χ3v) is 5.71. The van der Waals surface area contributed by atoms with Crippen molar-refractivity contribution in [2.24, 2.45) is 0 Å². The van der Waals surface area contributed by atoms with E-state index < -0.39 is 0 Å². The summed E-state index contributed by atoms with van der Waals surface area (Å²) in [6, 6.07) is 10.1. The molecule has 1 amide bonds. The van der Waals surface area contributed by atoms with Crippen LogP contribution in [0.1, 0.15) is 25.7 Å². The van der Waals surface area contributed by atoms with Crippen molar-refractivity contribution in [3.05, 3.63) is 36.7 Å². The zero-order valence-corrected chi connectivity index (χ0v) is 14.9. The van der Waals surface area contributed by atoms with Crippen molar-refractivity contribution in [3.8, 4) is 5.69 Å². The Morgan fingerprint density at radius 2 is 2.08 bits per heavy atom. The van der Waals surface area contributed by atoms with E-state index in [1.807, 2.05) is 35.2 Å². The molecule has 2 fully saturated rings. The van der Waals surface area contributed by atoms with Crippen LogP contribution in [0.15, 0.2) is 41.8 Å². The second kappa shape index (κ2) is 7.58. The second-order valence-electron chi connectivity index (χ2n) is 6.44. The largest absolute Gasteiger partial charge is 0.374 e. The van der Waals surface area contributed by atoms with Gasteiger partial charge in [0.1, 0.15) is 6.33 Å². The number of fused-ring (bicyclic) bond motifs is 1. The molecule has 0 unspecified atom stereocenters. The number of carbonyl (C=O) groups excluding carboxylic acids is 1. The van der Waals surface area contributed by atoms with E-state index >= 15 is 0 Å². The van der Waals surface area contributed by atoms with E-state index in [0.29, 0.717) is 24.1 Å². The molecule has 132 valence electrons. The Kier molecular flexibility index (Phi) is 5.03. The summed E-state index contributed by atoms with van der Waals surface area (Å²) >= 11 is 1.40. The lowest BCUT2D eigenvalue weighted by molar-refractivity contribution is -0.146. The Morgan fingerprint density at radius 1 is 1.24 bits per heavy atom. The molecule has 0 N–H and O–H groups in total. The summed E-state index contributed by atoms with van der Waals surface area (Å²) in [6.07, 6.45) is 6.44. The predicted molar refractivity (Wildman–Crippen MR) is 95.8 cm³/mol. The molecule has 4 rings (SSSR count). The fraction of sp³-hybridized carbons (Fsp3) is 0.500. The average Bonchev–Trinajstić information content (AvgIpc) is 3.15. The zero-order chi connectivity index (χ0) is 17.1. The molecular formula is C18H22N4O2S. The van der Waals surface area contributed by atoms with E-state index in [1.165, 1.54) is 24.6 Å². The molecule has 2 heterocycles. The highest BCUT2D eigenvalue weighted by Crippen LogP contribution is 2.29. The Bertz CT molecular complexity index is 719. The van der Waals surface area contributed by atoms with Crippen molar-refractivity contribution in [1.29, 1.82) is 0 Å². The number of rotatable bonds is 4. The molecule has 2 aliphatic rings. The summed E-state index contributed by atoms with van der Waals surface area (Å²) in [4.78, 5) is 19.0. The Balaban J connectivity index is 1.36. The molecule has 2 atom stereocenters. The summed E-state index contributed by atoms with van der Waals surface area (Å²) in [5.41, 5.74) is 0.964. The van der Waals surface area contributed by atoms with E-state index in [0.717, 1.165) is 18.5 Å². The van der Waals surface area contributed by atoms with Crippen molar-refractivity contribution in [2.75, 3.05) is 18.9 Å². The van der Waals surface area contributed by atoms with Gasteiger partial charge in [0.2, 0.25) is 11.1 Å². The lowest BCUT2D eigenvalue weighted by Crippen LogP contribution is -2.55. The Hall–Kier alpha value is -1.86. The SMILES string of the molecule is O=C(CSc1ncn(-c2ccccc2)n1)N1CCO[C@@H]2CCCC[C@H]21. The van der Waals surface area contributed by atoms with E-state index in [1.54, 1.807) is 11.0 Å². The van der Waals surface area contributed by atoms with Crippen molar-refractivity contribution >= 4 is 17.7 Å². The molecule has 0 radical (unpaired) electrons. The minimum absolute atomic E-state index is 0.168. The van der Waals surface area contributed by atoms with Gasteiger partial charge < -0.3 is 9.64 Å². The second-order valence-corrected chi connectivity index (χ2v) is 7.39. The number of ether oxygens (including phenoxy) is 1. The molecule has 1 saturated heterocycles. The summed E-state index contributed by atoms with van der Waals surface area (Å²) in [7, 11) is 0. The molecule has 1 aliphatic heterocycles. The third-order valence-electron chi connectivity index (χ3n) is 4.87. The van der Waals surface area contributed by atoms with Gasteiger partial charge in [-0.25, -0.2) is 9.67 Å². The maximum atomic E-state index is 12.7. The maximum absolute atomic E-state index is 12.7. The number of aromatic nitrogens is 3. The van der Waals surface area contributed by atoms with Crippen LogP contribution in [0.2, 0.25) is 0 Å². The molecule has 1 aromatic heterocycles. The Labute approximate surface area is 151 Å². The van der Waals surface area contributed by atoms with Gasteiger partial charge in [0, 0.05) is 6.54 Å². The summed E-state index contributed by atoms with van der Waals surface area (Å²) in [6.45, 7) is 1.35. The lowest BCUT2D eigenvalue weighted by Gasteiger charge is -2.43. The van der Waals surface area contributed by atoms with Crippen LogP contribution in [0.25, 0.3) is 5.69 Å². The first-order valence-electron chi connectivity index (χ1n) is 8.82. The van der Waals surface area contributed by atoms with Gasteiger partial charge in [-0.2, -0.15) is 0 Å². The predicted octanol–water partition coefficient (Wildman–Crippen LogP) is 2.53. The van der Waals surface area contributed by atoms with Crippen molar-refractivity contribution in [2.45, 2.75) is 43.0 Å². The first kappa shape index (κ1) is 16.6. The molecule has 6 nitrogen and oxygen atoms in total. The standard InChI is InChI=1S/C18H22N4O2S/c23-17(21-10-11-24-16-9-5-4-8-15(16)21)12-25-18-19-13-22(20-18)14-6-2-1-3-7-14/h1-3,6-7,13,15-16H,4-5,8-12H2/t15-,16-/m1/s1. The molecule has 1 aliphatic carbocycles. The van der Waals surface area contributed by atoms with Gasteiger partial charge in [-0.1, -0.05) is 42.8 Å². The van der Waals surface area contributed by atoms with Crippen LogP contribution in [0.4, 0.5) is 0 Å². The minimum atomic E-state index is 0.168. The molecule has 2 aromatic rings. The van der Waals surface area contributed by atoms with Gasteiger partial charge in [0.15, 0.2) is 0 Å². The lowest BCUT2D eigenvalue weighted by atomic mass is 9.90. The highest BCUT2D eigenvalue weighted by molar-refractivity contribution is 7.99. The monoisotopic (exact) mass is 358 g/mol. The molecular weight excluding hydrogens is 336 g/mol. The number of thioether (sulfide) groups is 1. The van der Waals surface area contributed by atoms with E-state index in [4.69, 9.17) is 4.74 Å². The van der Waals surface area contributed by atoms with Crippen LogP contribution < -0.4 is 0 Å². The quantitative estimate of drug-likeness (QED) is 0.786. The first-order valence-corrected chi connectivity index (χ1v) is 9.81. The number of amides is 1. The van der Waals surface area contributed by atoms with Gasteiger partial charge in [-0.15, -0.1) is 5.10 Å². The summed E-state index contributed by atoms with van der Waals surface area (Å²) in [5, 5.41) is 5.08. The van der Waals surface area contributed by atoms with Crippen LogP contribution in [0, 0.1) is 0 Å². The average molecular weight is 358 g/mol. The maximum Gasteiger partial charge on any atom is 0.233 e. The number of hydrogen-bond donors (Lipinski definition) is 0. The van der Waals surface area contributed by atoms with Gasteiger partial charge in [0.05, 0.1) is 30.2 Å². The van der Waals surface area contributed by atoms with Crippen LogP contribution in [0.5, 0.6) is 0 Å². The van der Waals surface area contributed by atoms with E-state index in [9.17, 15) is 4.79 Å². The van der Waals surface area contributed by atoms with Gasteiger partial charge >= 0.3 is 0 Å². The topological polar surface area (TPSA) is 60.2 Å². The molecule has 1 aromatic carbocycles. The smallest absolute Gasteiger partial charge is 0.233 e. The minimum Gasteiger partial charge on any atom is -0.374 e. The van der Waals surface area contributed by atoms with E-state index in [2.05, 4.69) is 10.1 Å². The van der Waals surface area contributed by atoms with E-state index in [-0.39, 0.29) is 18.1 Å². The highest BCUT2D eigenvalue weighted by Gasteiger charge is 2.36. The van der Waals surface area contributed by atoms with Crippen molar-refractivity contribution in [3.63, 3.8) is 0 Å². The number of morpholine rings is 1. The summed E-state index contributed by atoms with van der Waals surface area (Å²) in [5.74, 6) is 0.545. The Morgan fingerprint density at radius 3 is 2.96 bits per heavy atom. The van der Waals surface area contributed by atoms with Crippen LogP contribution >= 0.6 is 11.8 Å². The number of carbonyl (C=O) groups is 1. The highest BCUT2D eigenvalue weighted by atomic mass is 32.2. The van der Waals surface area contributed by atoms with Crippen LogP contribution in [-0.2, 0) is 9.53 Å². The fourth-order valence-corrected chi connectivity index (χ4v) is 4.32. The number of benzene rings is 1. The zero-order valence-electron chi connectivity index (χ0n) is 14.1. The molecule has 0 bridgehead atoms. The first-order chi connectivity index (χ1) is 12.3. The van der Waals surface area contributed by atoms with Crippen molar-refractivity contribution in [1.82, 2.24) is 19.7 Å². The van der Waals surface area contributed by atoms with Crippen molar-refractivity contribution < 1.29 is 9.53 Å².